The molecule has 7 heteroatoms. The summed E-state index contributed by atoms with van der Waals surface area (Å²) in [5.41, 5.74) is 0.736. The van der Waals surface area contributed by atoms with Crippen molar-refractivity contribution in [3.05, 3.63) is 54.4 Å². The lowest BCUT2D eigenvalue weighted by Crippen LogP contribution is -2.61. The summed E-state index contributed by atoms with van der Waals surface area (Å²) in [5.74, 6) is 3.20. The average molecular weight is 450 g/mol. The predicted octanol–water partition coefficient (Wildman–Crippen LogP) is 4.58. The van der Waals surface area contributed by atoms with Gasteiger partial charge in [0.25, 0.3) is 0 Å². The molecule has 2 amide bonds. The Morgan fingerprint density at radius 2 is 1.73 bits per heavy atom. The van der Waals surface area contributed by atoms with Gasteiger partial charge < -0.3 is 20.1 Å². The SMILES string of the molecule is O=C(NCCC(=O)OCc1ccccc1Oc1cccnc1)NC12CC3CC(CC(C3)C1)C2. The van der Waals surface area contributed by atoms with Gasteiger partial charge >= 0.3 is 12.0 Å². The number of hydrogen-bond donors (Lipinski definition) is 2. The maximum atomic E-state index is 12.5. The molecule has 1 aromatic carbocycles. The number of nitrogens with one attached hydrogen (secondary N) is 2. The highest BCUT2D eigenvalue weighted by molar-refractivity contribution is 5.76. The number of benzene rings is 1. The van der Waals surface area contributed by atoms with E-state index >= 15 is 0 Å². The molecule has 0 saturated heterocycles. The molecule has 33 heavy (non-hydrogen) atoms. The summed E-state index contributed by atoms with van der Waals surface area (Å²) in [7, 11) is 0. The third kappa shape index (κ3) is 5.29. The maximum Gasteiger partial charge on any atom is 0.315 e. The Kier molecular flexibility index (Phi) is 6.20. The Bertz CT molecular complexity index is 959. The molecule has 7 nitrogen and oxygen atoms in total. The monoisotopic (exact) mass is 449 g/mol. The van der Waals surface area contributed by atoms with Gasteiger partial charge in [-0.05, 0) is 74.5 Å². The van der Waals surface area contributed by atoms with E-state index in [-0.39, 0.29) is 37.1 Å². The zero-order chi connectivity index (χ0) is 22.7. The molecular formula is C26H31N3O4. The molecule has 4 fully saturated rings. The number of hydrogen-bond acceptors (Lipinski definition) is 5. The topological polar surface area (TPSA) is 89.6 Å². The van der Waals surface area contributed by atoms with Crippen LogP contribution in [0.3, 0.4) is 0 Å². The molecule has 0 atom stereocenters. The fourth-order valence-corrected chi connectivity index (χ4v) is 6.31. The van der Waals surface area contributed by atoms with Gasteiger partial charge in [-0.1, -0.05) is 18.2 Å². The van der Waals surface area contributed by atoms with Crippen LogP contribution >= 0.6 is 0 Å². The van der Waals surface area contributed by atoms with Gasteiger partial charge in [-0.3, -0.25) is 9.78 Å². The van der Waals surface area contributed by atoms with E-state index in [9.17, 15) is 9.59 Å². The third-order valence-electron chi connectivity index (χ3n) is 7.26. The fourth-order valence-electron chi connectivity index (χ4n) is 6.31. The number of urea groups is 1. The van der Waals surface area contributed by atoms with Crippen molar-refractivity contribution in [2.45, 2.75) is 57.1 Å². The van der Waals surface area contributed by atoms with E-state index < -0.39 is 0 Å². The Hall–Kier alpha value is -3.09. The van der Waals surface area contributed by atoms with Crippen LogP contribution in [0.25, 0.3) is 0 Å². The molecule has 0 unspecified atom stereocenters. The molecule has 2 aromatic rings. The molecule has 6 rings (SSSR count). The summed E-state index contributed by atoms with van der Waals surface area (Å²) >= 11 is 0. The second-order valence-electron chi connectivity index (χ2n) is 9.89. The molecule has 0 aliphatic heterocycles. The number of pyridine rings is 1. The van der Waals surface area contributed by atoms with Crippen LogP contribution in [0.2, 0.25) is 0 Å². The number of ether oxygens (including phenoxy) is 2. The van der Waals surface area contributed by atoms with Gasteiger partial charge in [0.05, 0.1) is 12.6 Å². The number of aromatic nitrogens is 1. The highest BCUT2D eigenvalue weighted by atomic mass is 16.5. The van der Waals surface area contributed by atoms with E-state index in [1.165, 1.54) is 19.3 Å². The molecule has 1 aromatic heterocycles. The molecule has 4 aliphatic carbocycles. The molecule has 4 aliphatic rings. The van der Waals surface area contributed by atoms with Crippen LogP contribution in [0.15, 0.2) is 48.8 Å². The van der Waals surface area contributed by atoms with Crippen molar-refractivity contribution in [3.8, 4) is 11.5 Å². The first-order valence-corrected chi connectivity index (χ1v) is 11.9. The van der Waals surface area contributed by atoms with Gasteiger partial charge in [0.1, 0.15) is 18.1 Å². The summed E-state index contributed by atoms with van der Waals surface area (Å²) in [5, 5.41) is 6.11. The first-order chi connectivity index (χ1) is 16.1. The minimum Gasteiger partial charge on any atom is -0.461 e. The summed E-state index contributed by atoms with van der Waals surface area (Å²) < 4.78 is 11.3. The highest BCUT2D eigenvalue weighted by Gasteiger charge is 2.51. The highest BCUT2D eigenvalue weighted by Crippen LogP contribution is 2.55. The van der Waals surface area contributed by atoms with Gasteiger partial charge in [0.2, 0.25) is 0 Å². The average Bonchev–Trinajstić information content (AvgIpc) is 2.78. The molecule has 174 valence electrons. The van der Waals surface area contributed by atoms with Gasteiger partial charge in [-0.15, -0.1) is 0 Å². The molecule has 0 spiro atoms. The lowest BCUT2D eigenvalue weighted by Gasteiger charge is -2.56. The van der Waals surface area contributed by atoms with Gasteiger partial charge in [0.15, 0.2) is 0 Å². The van der Waals surface area contributed by atoms with Crippen molar-refractivity contribution in [1.29, 1.82) is 0 Å². The summed E-state index contributed by atoms with van der Waals surface area (Å²) in [4.78, 5) is 28.8. The van der Waals surface area contributed by atoms with Crippen molar-refractivity contribution < 1.29 is 19.1 Å². The Balaban J connectivity index is 1.05. The smallest absolute Gasteiger partial charge is 0.315 e. The number of amides is 2. The largest absolute Gasteiger partial charge is 0.461 e. The summed E-state index contributed by atoms with van der Waals surface area (Å²) in [6.45, 7) is 0.361. The first kappa shape index (κ1) is 21.7. The van der Waals surface area contributed by atoms with Crippen LogP contribution in [-0.2, 0) is 16.1 Å². The van der Waals surface area contributed by atoms with Crippen molar-refractivity contribution in [2.75, 3.05) is 6.54 Å². The van der Waals surface area contributed by atoms with E-state index in [2.05, 4.69) is 15.6 Å². The minimum absolute atomic E-state index is 0.0304. The van der Waals surface area contributed by atoms with E-state index in [1.54, 1.807) is 18.5 Å². The fraction of sp³-hybridized carbons (Fsp3) is 0.500. The van der Waals surface area contributed by atoms with Crippen LogP contribution < -0.4 is 15.4 Å². The number of carbonyl (C=O) groups is 2. The molecule has 4 bridgehead atoms. The second-order valence-corrected chi connectivity index (χ2v) is 9.89. The van der Waals surface area contributed by atoms with E-state index in [0.29, 0.717) is 11.5 Å². The number of para-hydroxylation sites is 1. The Morgan fingerprint density at radius 1 is 1.00 bits per heavy atom. The zero-order valence-corrected chi connectivity index (χ0v) is 18.8. The quantitative estimate of drug-likeness (QED) is 0.576. The lowest BCUT2D eigenvalue weighted by molar-refractivity contribution is -0.144. The standard InChI is InChI=1S/C26H31N3O4/c30-24(32-17-21-4-1-2-6-23(21)33-22-5-3-8-27-16-22)7-9-28-25(31)29-26-13-18-10-19(14-26)12-20(11-18)15-26/h1-6,8,16,18-20H,7,9-15,17H2,(H2,28,29,31). The number of rotatable bonds is 8. The van der Waals surface area contributed by atoms with E-state index in [0.717, 1.165) is 42.6 Å². The van der Waals surface area contributed by atoms with Crippen LogP contribution in [0.4, 0.5) is 4.79 Å². The predicted molar refractivity (Wildman–Crippen MR) is 123 cm³/mol. The molecule has 1 heterocycles. The zero-order valence-electron chi connectivity index (χ0n) is 18.8. The van der Waals surface area contributed by atoms with Crippen molar-refractivity contribution in [2.24, 2.45) is 17.8 Å². The van der Waals surface area contributed by atoms with Gasteiger partial charge in [-0.2, -0.15) is 0 Å². The summed E-state index contributed by atoms with van der Waals surface area (Å²) in [6.07, 6.45) is 10.8. The molecular weight excluding hydrogens is 418 g/mol. The third-order valence-corrected chi connectivity index (χ3v) is 7.26. The minimum atomic E-state index is -0.360. The number of carbonyl (C=O) groups excluding carboxylic acids is 2. The van der Waals surface area contributed by atoms with Crippen LogP contribution in [-0.4, -0.2) is 29.1 Å². The van der Waals surface area contributed by atoms with Gasteiger partial charge in [0, 0.05) is 23.8 Å². The second kappa shape index (κ2) is 9.41. The summed E-state index contributed by atoms with van der Waals surface area (Å²) in [6, 6.07) is 10.9. The van der Waals surface area contributed by atoms with Crippen molar-refractivity contribution in [3.63, 3.8) is 0 Å². The molecule has 0 radical (unpaired) electrons. The number of esters is 1. The number of nitrogens with zero attached hydrogens (tertiary/aromatic N) is 1. The van der Waals surface area contributed by atoms with Crippen molar-refractivity contribution in [1.82, 2.24) is 15.6 Å². The van der Waals surface area contributed by atoms with Gasteiger partial charge in [-0.25, -0.2) is 4.79 Å². The first-order valence-electron chi connectivity index (χ1n) is 11.9. The molecule has 2 N–H and O–H groups in total. The van der Waals surface area contributed by atoms with E-state index in [4.69, 9.17) is 9.47 Å². The lowest BCUT2D eigenvalue weighted by atomic mass is 9.53. The Labute approximate surface area is 194 Å². The van der Waals surface area contributed by atoms with Crippen LogP contribution in [0.5, 0.6) is 11.5 Å². The normalized spacial score (nSPS) is 27.1. The molecule has 4 saturated carbocycles. The maximum absolute atomic E-state index is 12.5. The Morgan fingerprint density at radius 3 is 2.42 bits per heavy atom. The van der Waals surface area contributed by atoms with Crippen molar-refractivity contribution >= 4 is 12.0 Å². The van der Waals surface area contributed by atoms with Crippen LogP contribution in [0.1, 0.15) is 50.5 Å². The van der Waals surface area contributed by atoms with E-state index in [1.807, 2.05) is 30.3 Å². The van der Waals surface area contributed by atoms with Crippen LogP contribution in [0, 0.1) is 17.8 Å².